The van der Waals surface area contributed by atoms with Crippen molar-refractivity contribution in [3.05, 3.63) is 48.0 Å². The number of urea groups is 1. The van der Waals surface area contributed by atoms with Crippen molar-refractivity contribution in [1.29, 1.82) is 0 Å². The zero-order valence-corrected chi connectivity index (χ0v) is 22.8. The van der Waals surface area contributed by atoms with Gasteiger partial charge in [0.05, 0.1) is 0 Å². The normalized spacial score (nSPS) is 13.1. The lowest BCUT2D eigenvalue weighted by molar-refractivity contribution is -0.139. The molecule has 0 bridgehead atoms. The first kappa shape index (κ1) is 31.9. The first-order valence-electron chi connectivity index (χ1n) is 13.2. The second-order valence-electron chi connectivity index (χ2n) is 9.92. The van der Waals surface area contributed by atoms with Gasteiger partial charge >= 0.3 is 18.0 Å². The highest BCUT2D eigenvalue weighted by atomic mass is 16.4. The monoisotopic (exact) mass is 555 g/mol. The molecule has 2 aromatic rings. The van der Waals surface area contributed by atoms with Crippen LogP contribution in [0, 0.1) is 5.92 Å². The third-order valence-electron chi connectivity index (χ3n) is 6.41. The molecule has 3 amide bonds. The summed E-state index contributed by atoms with van der Waals surface area (Å²) in [5, 5.41) is 28.0. The molecule has 0 saturated heterocycles. The van der Waals surface area contributed by atoms with Crippen LogP contribution in [0.3, 0.4) is 0 Å². The fourth-order valence-electron chi connectivity index (χ4n) is 4.30. The van der Waals surface area contributed by atoms with Crippen LogP contribution in [0.25, 0.3) is 10.8 Å². The van der Waals surface area contributed by atoms with Crippen molar-refractivity contribution in [3.8, 4) is 0 Å². The average Bonchev–Trinajstić information content (AvgIpc) is 2.88. The molecular formula is C29H37N3O8. The van der Waals surface area contributed by atoms with Gasteiger partial charge < -0.3 is 35.8 Å². The van der Waals surface area contributed by atoms with E-state index in [0.717, 1.165) is 16.3 Å². The second-order valence-corrected chi connectivity index (χ2v) is 9.92. The van der Waals surface area contributed by atoms with Crippen LogP contribution in [-0.2, 0) is 30.4 Å². The van der Waals surface area contributed by atoms with Gasteiger partial charge in [-0.15, -0.1) is 0 Å². The molecule has 0 aromatic heterocycles. The van der Waals surface area contributed by atoms with E-state index in [9.17, 15) is 39.0 Å². The van der Waals surface area contributed by atoms with Gasteiger partial charge in [-0.25, -0.2) is 14.4 Å². The van der Waals surface area contributed by atoms with Crippen molar-refractivity contribution >= 4 is 46.2 Å². The van der Waals surface area contributed by atoms with Gasteiger partial charge in [-0.1, -0.05) is 42.5 Å². The number of benzene rings is 2. The molecule has 0 saturated carbocycles. The van der Waals surface area contributed by atoms with Gasteiger partial charge in [0.2, 0.25) is 5.91 Å². The third-order valence-corrected chi connectivity index (χ3v) is 6.41. The highest BCUT2D eigenvalue weighted by Gasteiger charge is 2.25. The van der Waals surface area contributed by atoms with Crippen molar-refractivity contribution < 1.29 is 39.0 Å². The number of carbonyl (C=O) groups is 6. The highest BCUT2D eigenvalue weighted by molar-refractivity contribution is 5.87. The molecule has 2 rings (SSSR count). The van der Waals surface area contributed by atoms with Crippen LogP contribution in [0.4, 0.5) is 4.79 Å². The van der Waals surface area contributed by atoms with Crippen LogP contribution in [-0.4, -0.2) is 64.3 Å². The number of carboxylic acid groups (broad SMARTS) is 2. The van der Waals surface area contributed by atoms with E-state index in [4.69, 9.17) is 0 Å². The number of carbonyl (C=O) groups excluding carboxylic acids is 4. The zero-order valence-electron chi connectivity index (χ0n) is 22.8. The van der Waals surface area contributed by atoms with E-state index in [1.54, 1.807) is 0 Å². The number of fused-ring (bicyclic) bond motifs is 1. The van der Waals surface area contributed by atoms with E-state index in [-0.39, 0.29) is 49.7 Å². The molecule has 11 nitrogen and oxygen atoms in total. The number of Topliss-reactive ketones (excluding diaryl/α,β-unsaturated/α-hetero) is 2. The smallest absolute Gasteiger partial charge is 0.326 e. The van der Waals surface area contributed by atoms with E-state index >= 15 is 0 Å². The van der Waals surface area contributed by atoms with Gasteiger partial charge in [-0.2, -0.15) is 0 Å². The number of rotatable bonds is 17. The summed E-state index contributed by atoms with van der Waals surface area (Å²) in [6, 6.07) is 10.2. The Morgan fingerprint density at radius 1 is 0.775 bits per heavy atom. The number of aliphatic carboxylic acids is 2. The summed E-state index contributed by atoms with van der Waals surface area (Å²) in [7, 11) is 0. The highest BCUT2D eigenvalue weighted by Crippen LogP contribution is 2.20. The molecule has 216 valence electrons. The number of nitrogens with one attached hydrogen (secondary N) is 3. The van der Waals surface area contributed by atoms with Crippen molar-refractivity contribution in [2.75, 3.05) is 6.54 Å². The lowest BCUT2D eigenvalue weighted by Crippen LogP contribution is -2.51. The quantitative estimate of drug-likeness (QED) is 0.185. The number of ketones is 2. The molecule has 40 heavy (non-hydrogen) atoms. The molecule has 0 radical (unpaired) electrons. The van der Waals surface area contributed by atoms with Crippen LogP contribution in [0.5, 0.6) is 0 Å². The van der Waals surface area contributed by atoms with E-state index in [0.29, 0.717) is 19.3 Å². The van der Waals surface area contributed by atoms with Gasteiger partial charge in [0.25, 0.3) is 0 Å². The van der Waals surface area contributed by atoms with Crippen LogP contribution < -0.4 is 16.0 Å². The first-order chi connectivity index (χ1) is 19.0. The Kier molecular flexibility index (Phi) is 12.7. The van der Waals surface area contributed by atoms with Crippen LogP contribution in [0.2, 0.25) is 0 Å². The molecule has 3 atom stereocenters. The predicted octanol–water partition coefficient (Wildman–Crippen LogP) is 2.84. The minimum atomic E-state index is -1.33. The summed E-state index contributed by atoms with van der Waals surface area (Å²) in [5.41, 5.74) is 0.945. The summed E-state index contributed by atoms with van der Waals surface area (Å²) < 4.78 is 0. The van der Waals surface area contributed by atoms with E-state index in [1.165, 1.54) is 13.8 Å². The molecule has 2 aromatic carbocycles. The largest absolute Gasteiger partial charge is 0.480 e. The van der Waals surface area contributed by atoms with Crippen LogP contribution in [0.15, 0.2) is 42.5 Å². The average molecular weight is 556 g/mol. The lowest BCUT2D eigenvalue weighted by atomic mass is 9.92. The number of carboxylic acids is 2. The molecule has 0 aliphatic carbocycles. The molecule has 0 spiro atoms. The molecule has 0 heterocycles. The molecule has 11 heteroatoms. The minimum absolute atomic E-state index is 0.0408. The molecular weight excluding hydrogens is 518 g/mol. The molecule has 5 N–H and O–H groups in total. The van der Waals surface area contributed by atoms with Gasteiger partial charge in [-0.3, -0.25) is 4.79 Å². The van der Waals surface area contributed by atoms with Gasteiger partial charge in [0.15, 0.2) is 0 Å². The van der Waals surface area contributed by atoms with Gasteiger partial charge in [0, 0.05) is 25.3 Å². The second kappa shape index (κ2) is 16.0. The summed E-state index contributed by atoms with van der Waals surface area (Å²) in [4.78, 5) is 70.8. The summed E-state index contributed by atoms with van der Waals surface area (Å²) >= 11 is 0. The Morgan fingerprint density at radius 2 is 1.40 bits per heavy atom. The van der Waals surface area contributed by atoms with Crippen molar-refractivity contribution in [2.45, 2.75) is 70.9 Å². The Hall–Kier alpha value is -4.28. The number of unbranched alkanes of at least 4 members (excludes halogenated alkanes) is 1. The van der Waals surface area contributed by atoms with Crippen molar-refractivity contribution in [3.63, 3.8) is 0 Å². The van der Waals surface area contributed by atoms with E-state index in [1.807, 2.05) is 42.5 Å². The summed E-state index contributed by atoms with van der Waals surface area (Å²) in [6.07, 6.45) is 1.19. The molecule has 0 aliphatic heterocycles. The Balaban J connectivity index is 1.84. The lowest BCUT2D eigenvalue weighted by Gasteiger charge is -2.19. The van der Waals surface area contributed by atoms with Crippen LogP contribution >= 0.6 is 0 Å². The number of hydrogen-bond donors (Lipinski definition) is 5. The number of amides is 3. The topological polar surface area (TPSA) is 179 Å². The Bertz CT molecular complexity index is 1230. The standard InChI is InChI=1S/C29H37N3O8/c1-18(33)10-13-25(28(38)39)32-29(40)31-24(27(36)37)9-5-6-14-30-26(35)23(15-19(2)34)17-20-11-12-21-7-3-4-8-22(21)16-20/h3-4,7-8,11-12,16,23-25H,5-6,9-10,13-15,17H2,1-2H3,(H,30,35)(H,36,37)(H,38,39)(H2,31,32,40)/t23-,24-,25-/m0/s1. The number of hydrogen-bond acceptors (Lipinski definition) is 6. The molecule has 0 fully saturated rings. The summed E-state index contributed by atoms with van der Waals surface area (Å²) in [6.45, 7) is 3.00. The SMILES string of the molecule is CC(=O)CC[C@H](NC(=O)N[C@@H](CCCCNC(=O)[C@@H](CC(C)=O)Cc1ccc2ccccc2c1)C(=O)O)C(=O)O. The minimum Gasteiger partial charge on any atom is -0.480 e. The maximum atomic E-state index is 12.9. The maximum Gasteiger partial charge on any atom is 0.326 e. The van der Waals surface area contributed by atoms with Gasteiger partial charge in [-0.05, 0) is 62.3 Å². The van der Waals surface area contributed by atoms with Crippen LogP contribution in [0.1, 0.15) is 57.9 Å². The summed E-state index contributed by atoms with van der Waals surface area (Å²) in [5.74, 6) is -3.75. The fourth-order valence-corrected chi connectivity index (χ4v) is 4.30. The van der Waals surface area contributed by atoms with Crippen molar-refractivity contribution in [2.24, 2.45) is 5.92 Å². The van der Waals surface area contributed by atoms with Gasteiger partial charge in [0.1, 0.15) is 23.7 Å². The Morgan fingerprint density at radius 3 is 2.00 bits per heavy atom. The predicted molar refractivity (Wildman–Crippen MR) is 148 cm³/mol. The molecule has 0 aliphatic rings. The Labute approximate surface area is 232 Å². The van der Waals surface area contributed by atoms with E-state index < -0.39 is 36.0 Å². The maximum absolute atomic E-state index is 12.9. The molecule has 0 unspecified atom stereocenters. The van der Waals surface area contributed by atoms with E-state index in [2.05, 4.69) is 16.0 Å². The zero-order chi connectivity index (χ0) is 29.7. The van der Waals surface area contributed by atoms with Crippen molar-refractivity contribution in [1.82, 2.24) is 16.0 Å². The fraction of sp³-hybridized carbons (Fsp3) is 0.448. The first-order valence-corrected chi connectivity index (χ1v) is 13.2. The third kappa shape index (κ3) is 11.2.